The maximum atomic E-state index is 14.2. The van der Waals surface area contributed by atoms with Crippen LogP contribution >= 0.6 is 0 Å². The number of carbonyl (C=O) groups is 2. The lowest BCUT2D eigenvalue weighted by Crippen LogP contribution is -2.42. The van der Waals surface area contributed by atoms with Crippen LogP contribution in [0, 0.1) is 13.8 Å². The van der Waals surface area contributed by atoms with Gasteiger partial charge in [-0.3, -0.25) is 9.59 Å². The Hall–Kier alpha value is -1.43. The van der Waals surface area contributed by atoms with E-state index in [2.05, 4.69) is 77.6 Å². The molecule has 0 bridgehead atoms. The summed E-state index contributed by atoms with van der Waals surface area (Å²) in [7, 11) is -7.10. The summed E-state index contributed by atoms with van der Waals surface area (Å²) in [5.74, 6) is 0.0150. The fourth-order valence-corrected chi connectivity index (χ4v) is 21.7. The van der Waals surface area contributed by atoms with Crippen LogP contribution in [0.25, 0.3) is 0 Å². The van der Waals surface area contributed by atoms with Crippen molar-refractivity contribution in [3.8, 4) is 0 Å². The molecule has 4 nitrogen and oxygen atoms in total. The lowest BCUT2D eigenvalue weighted by atomic mass is 9.76. The van der Waals surface area contributed by atoms with Gasteiger partial charge in [-0.05, 0) is 127 Å². The lowest BCUT2D eigenvalue weighted by molar-refractivity contribution is 0.0976. The quantitative estimate of drug-likeness (QED) is 0.225. The van der Waals surface area contributed by atoms with E-state index in [4.69, 9.17) is 8.23 Å². The van der Waals surface area contributed by atoms with E-state index >= 15 is 0 Å². The standard InChI is InChI=1S/C30H48O4Si4/c1-21-13-15-23(17-19-37(9,10)33-35(3,4)5)27-25(21)29(31)28-24(16-14-22(2)26(28)30(27)32)18-20-38(11,12)34-36(6,7)8/h13-16H,17-20H2,1-12H3. The number of benzene rings is 2. The fraction of sp³-hybridized carbons (Fsp3) is 0.533. The summed E-state index contributed by atoms with van der Waals surface area (Å²) in [6.07, 6.45) is 1.51. The molecule has 0 aliphatic heterocycles. The van der Waals surface area contributed by atoms with E-state index in [1.54, 1.807) is 0 Å². The molecule has 8 heteroatoms. The lowest BCUT2D eigenvalue weighted by Gasteiger charge is -2.32. The van der Waals surface area contributed by atoms with E-state index in [1.165, 1.54) is 0 Å². The van der Waals surface area contributed by atoms with E-state index < -0.39 is 33.3 Å². The largest absolute Gasteiger partial charge is 0.456 e. The molecule has 0 amide bonds. The predicted molar refractivity (Wildman–Crippen MR) is 170 cm³/mol. The molecule has 2 aromatic carbocycles. The first kappa shape index (κ1) is 31.1. The van der Waals surface area contributed by atoms with Crippen molar-refractivity contribution in [3.05, 3.63) is 68.8 Å². The zero-order valence-corrected chi connectivity index (χ0v) is 29.8. The van der Waals surface area contributed by atoms with Gasteiger partial charge in [0.25, 0.3) is 0 Å². The second kappa shape index (κ2) is 10.9. The molecule has 0 saturated carbocycles. The summed E-state index contributed by atoms with van der Waals surface area (Å²) in [6.45, 7) is 26.4. The molecule has 0 heterocycles. The van der Waals surface area contributed by atoms with E-state index in [0.29, 0.717) is 22.3 Å². The molecule has 38 heavy (non-hydrogen) atoms. The first-order chi connectivity index (χ1) is 17.2. The summed E-state index contributed by atoms with van der Waals surface area (Å²) in [4.78, 5) is 28.3. The fourth-order valence-electron chi connectivity index (χ4n) is 5.90. The molecule has 0 radical (unpaired) electrons. The Morgan fingerprint density at radius 3 is 1.13 bits per heavy atom. The SMILES string of the molecule is Cc1ccc(CC[Si](C)(C)O[Si](C)(C)C)c2c1C(=O)c1c(CC[Si](C)(C)O[Si](C)(C)C)ccc(C)c1C2=O. The van der Waals surface area contributed by atoms with Gasteiger partial charge in [-0.2, -0.15) is 0 Å². The van der Waals surface area contributed by atoms with Crippen LogP contribution < -0.4 is 0 Å². The van der Waals surface area contributed by atoms with Crippen molar-refractivity contribution in [2.24, 2.45) is 0 Å². The molecule has 0 saturated heterocycles. The second-order valence-corrected chi connectivity index (χ2v) is 32.3. The normalized spacial score (nSPS) is 14.5. The van der Waals surface area contributed by atoms with Gasteiger partial charge in [-0.15, -0.1) is 0 Å². The van der Waals surface area contributed by atoms with Gasteiger partial charge >= 0.3 is 0 Å². The molecular weight excluding hydrogens is 537 g/mol. The van der Waals surface area contributed by atoms with Crippen molar-refractivity contribution in [2.75, 3.05) is 0 Å². The highest BCUT2D eigenvalue weighted by Crippen LogP contribution is 2.37. The van der Waals surface area contributed by atoms with Crippen LogP contribution in [0.1, 0.15) is 54.1 Å². The number of fused-ring (bicyclic) bond motifs is 2. The topological polar surface area (TPSA) is 52.6 Å². The first-order valence-electron chi connectivity index (χ1n) is 14.0. The van der Waals surface area contributed by atoms with Gasteiger partial charge in [0, 0.05) is 22.3 Å². The Labute approximate surface area is 235 Å². The zero-order valence-electron chi connectivity index (χ0n) is 25.8. The highest BCUT2D eigenvalue weighted by atomic mass is 28.4. The van der Waals surface area contributed by atoms with Crippen molar-refractivity contribution in [2.45, 2.75) is 104 Å². The number of carbonyl (C=O) groups excluding carboxylic acids is 2. The van der Waals surface area contributed by atoms with Crippen LogP contribution in [0.3, 0.4) is 0 Å². The molecule has 0 spiro atoms. The van der Waals surface area contributed by atoms with E-state index in [0.717, 1.165) is 47.2 Å². The molecular formula is C30H48O4Si4. The Morgan fingerprint density at radius 2 is 0.842 bits per heavy atom. The summed E-state index contributed by atoms with van der Waals surface area (Å²) in [5, 5.41) is 0. The molecule has 2 aromatic rings. The third-order valence-corrected chi connectivity index (χ3v) is 19.3. The van der Waals surface area contributed by atoms with Crippen molar-refractivity contribution >= 4 is 44.8 Å². The summed E-state index contributed by atoms with van der Waals surface area (Å²) in [5.41, 5.74) is 6.18. The van der Waals surface area contributed by atoms with Crippen molar-refractivity contribution in [1.29, 1.82) is 0 Å². The average molecular weight is 585 g/mol. The minimum Gasteiger partial charge on any atom is -0.456 e. The molecule has 0 fully saturated rings. The number of ketones is 2. The van der Waals surface area contributed by atoms with Gasteiger partial charge in [0.15, 0.2) is 44.8 Å². The number of hydrogen-bond donors (Lipinski definition) is 0. The number of aryl methyl sites for hydroxylation is 4. The predicted octanol–water partition coefficient (Wildman–Crippen LogP) is 8.28. The van der Waals surface area contributed by atoms with Crippen LogP contribution in [-0.2, 0) is 21.1 Å². The maximum Gasteiger partial charge on any atom is 0.195 e. The van der Waals surface area contributed by atoms with Gasteiger partial charge in [-0.25, -0.2) is 0 Å². The molecule has 1 aliphatic rings. The molecule has 0 N–H and O–H groups in total. The Kier molecular flexibility index (Phi) is 8.89. The molecule has 0 atom stereocenters. The van der Waals surface area contributed by atoms with Gasteiger partial charge in [0.2, 0.25) is 0 Å². The summed E-state index contributed by atoms with van der Waals surface area (Å²) >= 11 is 0. The number of hydrogen-bond acceptors (Lipinski definition) is 4. The average Bonchev–Trinajstić information content (AvgIpc) is 2.72. The van der Waals surface area contributed by atoms with Gasteiger partial charge < -0.3 is 8.23 Å². The van der Waals surface area contributed by atoms with Gasteiger partial charge in [0.05, 0.1) is 0 Å². The minimum absolute atomic E-state index is 0.00749. The van der Waals surface area contributed by atoms with E-state index in [-0.39, 0.29) is 11.6 Å². The minimum atomic E-state index is -1.90. The van der Waals surface area contributed by atoms with Crippen molar-refractivity contribution in [1.82, 2.24) is 0 Å². The monoisotopic (exact) mass is 584 g/mol. The summed E-state index contributed by atoms with van der Waals surface area (Å²) < 4.78 is 13.1. The maximum absolute atomic E-state index is 14.2. The second-order valence-electron chi connectivity index (χ2n) is 14.2. The van der Waals surface area contributed by atoms with Crippen molar-refractivity contribution < 1.29 is 17.8 Å². The molecule has 0 aromatic heterocycles. The Bertz CT molecular complexity index is 1150. The smallest absolute Gasteiger partial charge is 0.195 e. The van der Waals surface area contributed by atoms with Crippen LogP contribution in [0.4, 0.5) is 0 Å². The molecule has 0 unspecified atom stereocenters. The molecule has 1 aliphatic carbocycles. The van der Waals surface area contributed by atoms with E-state index in [1.807, 2.05) is 26.0 Å². The van der Waals surface area contributed by atoms with Gasteiger partial charge in [-0.1, -0.05) is 24.3 Å². The van der Waals surface area contributed by atoms with Gasteiger partial charge in [0.1, 0.15) is 0 Å². The summed E-state index contributed by atoms with van der Waals surface area (Å²) in [6, 6.07) is 10.0. The third kappa shape index (κ3) is 7.40. The zero-order chi connectivity index (χ0) is 28.8. The van der Waals surface area contributed by atoms with Crippen LogP contribution in [-0.4, -0.2) is 44.8 Å². The third-order valence-electron chi connectivity index (χ3n) is 7.07. The molecule has 3 rings (SSSR count). The first-order valence-corrected chi connectivity index (χ1v) is 27.0. The molecule has 208 valence electrons. The van der Waals surface area contributed by atoms with Crippen LogP contribution in [0.15, 0.2) is 24.3 Å². The highest BCUT2D eigenvalue weighted by Gasteiger charge is 2.37. The van der Waals surface area contributed by atoms with Crippen LogP contribution in [0.5, 0.6) is 0 Å². The Morgan fingerprint density at radius 1 is 0.526 bits per heavy atom. The number of rotatable bonds is 10. The van der Waals surface area contributed by atoms with E-state index in [9.17, 15) is 9.59 Å². The van der Waals surface area contributed by atoms with Crippen LogP contribution in [0.2, 0.25) is 77.6 Å². The Balaban J connectivity index is 2.00. The highest BCUT2D eigenvalue weighted by molar-refractivity contribution is 6.84. The van der Waals surface area contributed by atoms with Crippen molar-refractivity contribution in [3.63, 3.8) is 0 Å².